The fourth-order valence-electron chi connectivity index (χ4n) is 1.59. The number of hydrogen-bond acceptors (Lipinski definition) is 5. The SMILES string of the molecule is O=C(N/N=C/c1ccc(F)cc1)c1cc([N+](=O)[O-])ccc1O. The van der Waals surface area contributed by atoms with Gasteiger partial charge in [-0.2, -0.15) is 5.10 Å². The van der Waals surface area contributed by atoms with E-state index in [1.165, 1.54) is 30.5 Å². The molecule has 7 nitrogen and oxygen atoms in total. The number of nitro groups is 1. The number of nitrogens with zero attached hydrogens (tertiary/aromatic N) is 2. The van der Waals surface area contributed by atoms with Crippen LogP contribution >= 0.6 is 0 Å². The minimum atomic E-state index is -0.806. The van der Waals surface area contributed by atoms with Crippen LogP contribution in [-0.4, -0.2) is 22.2 Å². The van der Waals surface area contributed by atoms with Crippen molar-refractivity contribution in [3.05, 3.63) is 69.5 Å². The predicted molar refractivity (Wildman–Crippen MR) is 76.2 cm³/mol. The summed E-state index contributed by atoms with van der Waals surface area (Å²) in [5, 5.41) is 23.8. The first-order valence-electron chi connectivity index (χ1n) is 6.04. The number of non-ortho nitro benzene ring substituents is 1. The molecule has 22 heavy (non-hydrogen) atoms. The fourth-order valence-corrected chi connectivity index (χ4v) is 1.59. The van der Waals surface area contributed by atoms with Gasteiger partial charge in [0.1, 0.15) is 11.6 Å². The maximum absolute atomic E-state index is 12.7. The number of hydrogen-bond donors (Lipinski definition) is 2. The molecule has 0 saturated heterocycles. The molecule has 0 saturated carbocycles. The lowest BCUT2D eigenvalue weighted by molar-refractivity contribution is -0.384. The van der Waals surface area contributed by atoms with Crippen molar-refractivity contribution in [3.63, 3.8) is 0 Å². The van der Waals surface area contributed by atoms with E-state index in [0.717, 1.165) is 18.2 Å². The topological polar surface area (TPSA) is 105 Å². The Balaban J connectivity index is 2.10. The van der Waals surface area contributed by atoms with E-state index in [-0.39, 0.29) is 11.3 Å². The van der Waals surface area contributed by atoms with Crippen LogP contribution in [0.3, 0.4) is 0 Å². The number of phenolic OH excluding ortho intramolecular Hbond substituents is 1. The number of carbonyl (C=O) groups is 1. The van der Waals surface area contributed by atoms with E-state index < -0.39 is 22.4 Å². The Morgan fingerprint density at radius 2 is 1.95 bits per heavy atom. The van der Waals surface area contributed by atoms with Crippen LogP contribution in [0.4, 0.5) is 10.1 Å². The maximum Gasteiger partial charge on any atom is 0.275 e. The van der Waals surface area contributed by atoms with Crippen LogP contribution in [-0.2, 0) is 0 Å². The number of phenols is 1. The van der Waals surface area contributed by atoms with Gasteiger partial charge in [0.05, 0.1) is 16.7 Å². The van der Waals surface area contributed by atoms with Crippen LogP contribution < -0.4 is 5.43 Å². The molecule has 0 bridgehead atoms. The Kier molecular flexibility index (Phi) is 4.42. The predicted octanol–water partition coefficient (Wildman–Crippen LogP) is 2.20. The number of amides is 1. The molecule has 0 radical (unpaired) electrons. The standard InChI is InChI=1S/C14H10FN3O4/c15-10-3-1-9(2-4-10)8-16-17-14(20)12-7-11(18(21)22)5-6-13(12)19/h1-8,19H,(H,17,20)/b16-8+. The summed E-state index contributed by atoms with van der Waals surface area (Å²) in [6, 6.07) is 8.44. The van der Waals surface area contributed by atoms with Gasteiger partial charge >= 0.3 is 0 Å². The van der Waals surface area contributed by atoms with E-state index in [1.54, 1.807) is 0 Å². The first-order chi connectivity index (χ1) is 10.5. The number of benzene rings is 2. The summed E-state index contributed by atoms with van der Waals surface area (Å²) in [5.41, 5.74) is 2.07. The van der Waals surface area contributed by atoms with Crippen molar-refractivity contribution in [3.8, 4) is 5.75 Å². The molecule has 0 unspecified atom stereocenters. The molecular formula is C14H10FN3O4. The molecule has 0 aliphatic carbocycles. The largest absolute Gasteiger partial charge is 0.507 e. The van der Waals surface area contributed by atoms with Gasteiger partial charge in [-0.15, -0.1) is 0 Å². The van der Waals surface area contributed by atoms with Gasteiger partial charge in [-0.1, -0.05) is 12.1 Å². The van der Waals surface area contributed by atoms with Crippen molar-refractivity contribution in [2.75, 3.05) is 0 Å². The minimum Gasteiger partial charge on any atom is -0.507 e. The van der Waals surface area contributed by atoms with Crippen molar-refractivity contribution in [2.45, 2.75) is 0 Å². The van der Waals surface area contributed by atoms with Gasteiger partial charge in [-0.3, -0.25) is 14.9 Å². The third-order valence-corrected chi connectivity index (χ3v) is 2.69. The molecule has 1 amide bonds. The van der Waals surface area contributed by atoms with Crippen molar-refractivity contribution in [1.29, 1.82) is 0 Å². The third kappa shape index (κ3) is 3.63. The lowest BCUT2D eigenvalue weighted by Gasteiger charge is -2.02. The summed E-state index contributed by atoms with van der Waals surface area (Å²) < 4.78 is 12.7. The Hall–Kier alpha value is -3.29. The zero-order chi connectivity index (χ0) is 16.1. The second-order valence-electron chi connectivity index (χ2n) is 4.21. The normalized spacial score (nSPS) is 10.6. The highest BCUT2D eigenvalue weighted by Gasteiger charge is 2.15. The van der Waals surface area contributed by atoms with Crippen molar-refractivity contribution in [1.82, 2.24) is 5.43 Å². The second kappa shape index (κ2) is 6.44. The monoisotopic (exact) mass is 303 g/mol. The lowest BCUT2D eigenvalue weighted by Crippen LogP contribution is -2.18. The number of aromatic hydroxyl groups is 1. The molecule has 2 aromatic rings. The van der Waals surface area contributed by atoms with Gasteiger partial charge in [0, 0.05) is 12.1 Å². The molecule has 0 fully saturated rings. The zero-order valence-corrected chi connectivity index (χ0v) is 11.1. The summed E-state index contributed by atoms with van der Waals surface area (Å²) in [4.78, 5) is 21.8. The van der Waals surface area contributed by atoms with E-state index in [9.17, 15) is 24.4 Å². The Labute approximate surface area is 123 Å². The summed E-state index contributed by atoms with van der Waals surface area (Å²) in [5.74, 6) is -1.61. The molecule has 0 spiro atoms. The van der Waals surface area contributed by atoms with Gasteiger partial charge in [-0.05, 0) is 23.8 Å². The Morgan fingerprint density at radius 3 is 2.59 bits per heavy atom. The third-order valence-electron chi connectivity index (χ3n) is 2.69. The number of nitro benzene ring substituents is 1. The van der Waals surface area contributed by atoms with Crippen LogP contribution in [0, 0.1) is 15.9 Å². The number of nitrogens with one attached hydrogen (secondary N) is 1. The van der Waals surface area contributed by atoms with E-state index >= 15 is 0 Å². The number of hydrazone groups is 1. The maximum atomic E-state index is 12.7. The first kappa shape index (κ1) is 15.1. The molecule has 2 aromatic carbocycles. The van der Waals surface area contributed by atoms with E-state index in [0.29, 0.717) is 5.56 Å². The van der Waals surface area contributed by atoms with E-state index in [4.69, 9.17) is 0 Å². The molecule has 0 aliphatic rings. The highest BCUT2D eigenvalue weighted by molar-refractivity contribution is 5.97. The first-order valence-corrected chi connectivity index (χ1v) is 6.04. The molecule has 2 rings (SSSR count). The molecule has 0 heterocycles. The zero-order valence-electron chi connectivity index (χ0n) is 11.1. The van der Waals surface area contributed by atoms with Gasteiger partial charge in [0.15, 0.2) is 0 Å². The highest BCUT2D eigenvalue weighted by atomic mass is 19.1. The van der Waals surface area contributed by atoms with E-state index in [1.807, 2.05) is 0 Å². The van der Waals surface area contributed by atoms with Crippen molar-refractivity contribution >= 4 is 17.8 Å². The molecule has 0 atom stereocenters. The molecular weight excluding hydrogens is 293 g/mol. The number of carbonyl (C=O) groups excluding carboxylic acids is 1. The summed E-state index contributed by atoms with van der Waals surface area (Å²) in [6.45, 7) is 0. The Bertz CT molecular complexity index is 744. The van der Waals surface area contributed by atoms with Gasteiger partial charge in [0.2, 0.25) is 0 Å². The summed E-state index contributed by atoms with van der Waals surface area (Å²) >= 11 is 0. The van der Waals surface area contributed by atoms with Gasteiger partial charge in [0.25, 0.3) is 11.6 Å². The fraction of sp³-hybridized carbons (Fsp3) is 0. The number of rotatable bonds is 4. The second-order valence-corrected chi connectivity index (χ2v) is 4.21. The molecule has 0 aromatic heterocycles. The Morgan fingerprint density at radius 1 is 1.27 bits per heavy atom. The quantitative estimate of drug-likeness (QED) is 0.513. The van der Waals surface area contributed by atoms with Crippen LogP contribution in [0.5, 0.6) is 5.75 Å². The van der Waals surface area contributed by atoms with Crippen LogP contribution in [0.15, 0.2) is 47.6 Å². The summed E-state index contributed by atoms with van der Waals surface area (Å²) in [6.07, 6.45) is 1.27. The molecule has 112 valence electrons. The average molecular weight is 303 g/mol. The van der Waals surface area contributed by atoms with Crippen molar-refractivity contribution < 1.29 is 19.2 Å². The van der Waals surface area contributed by atoms with Crippen molar-refractivity contribution in [2.24, 2.45) is 5.10 Å². The van der Waals surface area contributed by atoms with E-state index in [2.05, 4.69) is 10.5 Å². The van der Waals surface area contributed by atoms with Gasteiger partial charge < -0.3 is 5.11 Å². The van der Waals surface area contributed by atoms with Crippen LogP contribution in [0.2, 0.25) is 0 Å². The van der Waals surface area contributed by atoms with Gasteiger partial charge in [-0.25, -0.2) is 9.82 Å². The van der Waals surface area contributed by atoms with Crippen LogP contribution in [0.25, 0.3) is 0 Å². The smallest absolute Gasteiger partial charge is 0.275 e. The summed E-state index contributed by atoms with van der Waals surface area (Å²) in [7, 11) is 0. The highest BCUT2D eigenvalue weighted by Crippen LogP contribution is 2.22. The molecule has 0 aliphatic heterocycles. The molecule has 2 N–H and O–H groups in total. The lowest BCUT2D eigenvalue weighted by atomic mass is 10.1. The molecule has 8 heteroatoms. The average Bonchev–Trinajstić information content (AvgIpc) is 2.49. The number of halogens is 1. The van der Waals surface area contributed by atoms with Crippen LogP contribution in [0.1, 0.15) is 15.9 Å². The minimum absolute atomic E-state index is 0.273.